The van der Waals surface area contributed by atoms with Gasteiger partial charge in [0.1, 0.15) is 0 Å². The number of pyridine rings is 1. The van der Waals surface area contributed by atoms with Crippen molar-refractivity contribution < 1.29 is 0 Å². The molecule has 3 N–H and O–H groups in total. The maximum atomic E-state index is 5.32. The first-order valence-electron chi connectivity index (χ1n) is 4.82. The number of nitrogens with one attached hydrogen (secondary N) is 1. The van der Waals surface area contributed by atoms with Crippen molar-refractivity contribution in [1.29, 1.82) is 0 Å². The lowest BCUT2D eigenvalue weighted by Gasteiger charge is -2.05. The first kappa shape index (κ1) is 10.6. The molecule has 0 radical (unpaired) electrons. The number of rotatable bonds is 1. The van der Waals surface area contributed by atoms with Crippen molar-refractivity contribution in [1.82, 2.24) is 9.99 Å². The van der Waals surface area contributed by atoms with Crippen LogP contribution in [0.1, 0.15) is 0 Å². The van der Waals surface area contributed by atoms with E-state index in [9.17, 15) is 0 Å². The Kier molecular flexibility index (Phi) is 2.87. The molecule has 82 valence electrons. The Morgan fingerprint density at radius 1 is 1.31 bits per heavy atom. The predicted octanol–water partition coefficient (Wildman–Crippen LogP) is 0.827. The Morgan fingerprint density at radius 3 is 2.81 bits per heavy atom. The number of benzene rings is 1. The zero-order valence-corrected chi connectivity index (χ0v) is 9.66. The fraction of sp³-hybridized carbons (Fsp3) is 0.0909. The Morgan fingerprint density at radius 2 is 2.06 bits per heavy atom. The zero-order chi connectivity index (χ0) is 11.5. The monoisotopic (exact) mass is 232 g/mol. The topological polar surface area (TPSA) is 55.3 Å². The summed E-state index contributed by atoms with van der Waals surface area (Å²) in [6, 6.07) is 12.0. The molecule has 1 aromatic carbocycles. The van der Waals surface area contributed by atoms with Crippen molar-refractivity contribution in [2.45, 2.75) is 0 Å². The van der Waals surface area contributed by atoms with Gasteiger partial charge in [-0.05, 0) is 35.8 Å². The molecule has 0 bridgehead atoms. The van der Waals surface area contributed by atoms with E-state index in [2.05, 4.69) is 16.6 Å². The molecule has 0 aliphatic rings. The minimum absolute atomic E-state index is 0.160. The summed E-state index contributed by atoms with van der Waals surface area (Å²) < 4.78 is 1.97. The highest BCUT2D eigenvalue weighted by atomic mass is 32.1. The Labute approximate surface area is 98.4 Å². The summed E-state index contributed by atoms with van der Waals surface area (Å²) in [5.74, 6) is 0. The molecule has 0 aliphatic heterocycles. The molecule has 5 heteroatoms. The van der Waals surface area contributed by atoms with E-state index < -0.39 is 0 Å². The second kappa shape index (κ2) is 4.32. The third-order valence-corrected chi connectivity index (χ3v) is 2.43. The number of aryl methyl sites for hydroxylation is 1. The highest BCUT2D eigenvalue weighted by molar-refractivity contribution is 7.80. The summed E-state index contributed by atoms with van der Waals surface area (Å²) in [5.41, 5.74) is 9.78. The molecule has 1 heterocycles. The molecule has 0 amide bonds. The minimum atomic E-state index is 0.160. The summed E-state index contributed by atoms with van der Waals surface area (Å²) in [6.07, 6.45) is 0. The number of hydrogen-bond donors (Lipinski definition) is 2. The van der Waals surface area contributed by atoms with Crippen molar-refractivity contribution in [3.63, 3.8) is 0 Å². The molecule has 0 atom stereocenters. The maximum absolute atomic E-state index is 5.32. The average molecular weight is 232 g/mol. The van der Waals surface area contributed by atoms with Crippen LogP contribution in [0.5, 0.6) is 0 Å². The van der Waals surface area contributed by atoms with Crippen LogP contribution in [0.2, 0.25) is 0 Å². The molecule has 0 aliphatic carbocycles. The van der Waals surface area contributed by atoms with Crippen molar-refractivity contribution >= 4 is 28.2 Å². The van der Waals surface area contributed by atoms with Gasteiger partial charge in [0.2, 0.25) is 0 Å². The van der Waals surface area contributed by atoms with E-state index in [4.69, 9.17) is 18.0 Å². The standard InChI is InChI=1S/C11H12N4S/c1-15-9-5-3-2-4-8(9)6-7-10(15)13-14-11(12)16/h2-7H,1H3,(H3,12,14,16)/b13-10+. The lowest BCUT2D eigenvalue weighted by atomic mass is 10.2. The molecule has 4 nitrogen and oxygen atoms in total. The number of thiocarbonyl (C=S) groups is 1. The third-order valence-electron chi connectivity index (χ3n) is 2.33. The molecule has 1 aromatic heterocycles. The summed E-state index contributed by atoms with van der Waals surface area (Å²) in [5, 5.41) is 5.43. The molecule has 2 aromatic rings. The number of nitrogens with zero attached hydrogens (tertiary/aromatic N) is 2. The highest BCUT2D eigenvalue weighted by Gasteiger charge is 1.95. The molecule has 0 fully saturated rings. The van der Waals surface area contributed by atoms with Crippen LogP contribution >= 0.6 is 12.2 Å². The van der Waals surface area contributed by atoms with Crippen LogP contribution in [0.4, 0.5) is 0 Å². The molecule has 0 saturated carbocycles. The smallest absolute Gasteiger partial charge is 0.184 e. The molecule has 0 saturated heterocycles. The summed E-state index contributed by atoms with van der Waals surface area (Å²) in [4.78, 5) is 0. The second-order valence-electron chi connectivity index (χ2n) is 3.40. The average Bonchev–Trinajstić information content (AvgIpc) is 2.28. The van der Waals surface area contributed by atoms with Crippen LogP contribution in [0.25, 0.3) is 10.9 Å². The number of hydrogen-bond acceptors (Lipinski definition) is 2. The second-order valence-corrected chi connectivity index (χ2v) is 3.84. The van der Waals surface area contributed by atoms with E-state index in [1.165, 1.54) is 5.39 Å². The van der Waals surface area contributed by atoms with E-state index in [1.54, 1.807) is 0 Å². The first-order valence-corrected chi connectivity index (χ1v) is 5.23. The van der Waals surface area contributed by atoms with Crippen molar-refractivity contribution in [3.05, 3.63) is 41.9 Å². The van der Waals surface area contributed by atoms with E-state index >= 15 is 0 Å². The normalized spacial score (nSPS) is 11.7. The van der Waals surface area contributed by atoms with Crippen LogP contribution < -0.4 is 16.6 Å². The SMILES string of the molecule is Cn1/c(=N/NC(N)=S)ccc2ccccc21. The summed E-state index contributed by atoms with van der Waals surface area (Å²) in [7, 11) is 1.95. The van der Waals surface area contributed by atoms with Crippen molar-refractivity contribution in [3.8, 4) is 0 Å². The van der Waals surface area contributed by atoms with E-state index in [0.717, 1.165) is 11.0 Å². The van der Waals surface area contributed by atoms with Gasteiger partial charge in [0.05, 0.1) is 0 Å². The Balaban J connectivity index is 2.61. The van der Waals surface area contributed by atoms with Crippen molar-refractivity contribution in [2.75, 3.05) is 0 Å². The lowest BCUT2D eigenvalue weighted by Crippen LogP contribution is -2.29. The van der Waals surface area contributed by atoms with Gasteiger partial charge in [0.25, 0.3) is 0 Å². The molecule has 0 spiro atoms. The van der Waals surface area contributed by atoms with Crippen LogP contribution in [-0.2, 0) is 7.05 Å². The zero-order valence-electron chi connectivity index (χ0n) is 8.84. The van der Waals surface area contributed by atoms with E-state index in [1.807, 2.05) is 41.9 Å². The van der Waals surface area contributed by atoms with Gasteiger partial charge in [-0.2, -0.15) is 5.10 Å². The highest BCUT2D eigenvalue weighted by Crippen LogP contribution is 2.08. The molecule has 0 unspecified atom stereocenters. The molecule has 16 heavy (non-hydrogen) atoms. The van der Waals surface area contributed by atoms with Gasteiger partial charge in [-0.15, -0.1) is 0 Å². The third kappa shape index (κ3) is 2.04. The van der Waals surface area contributed by atoms with E-state index in [-0.39, 0.29) is 5.11 Å². The van der Waals surface area contributed by atoms with Gasteiger partial charge in [-0.25, -0.2) is 0 Å². The quantitative estimate of drug-likeness (QED) is 0.565. The van der Waals surface area contributed by atoms with Crippen molar-refractivity contribution in [2.24, 2.45) is 17.9 Å². The number of nitrogens with two attached hydrogens (primary N) is 1. The fourth-order valence-corrected chi connectivity index (χ4v) is 1.60. The fourth-order valence-electron chi connectivity index (χ4n) is 1.56. The van der Waals surface area contributed by atoms with Gasteiger partial charge in [0, 0.05) is 12.6 Å². The first-order chi connectivity index (χ1) is 7.68. The lowest BCUT2D eigenvalue weighted by molar-refractivity contribution is 0.819. The number of para-hydroxylation sites is 1. The van der Waals surface area contributed by atoms with Gasteiger partial charge in [-0.1, -0.05) is 18.2 Å². The van der Waals surface area contributed by atoms with Crippen LogP contribution in [0.15, 0.2) is 41.5 Å². The summed E-state index contributed by atoms with van der Waals surface area (Å²) >= 11 is 4.70. The van der Waals surface area contributed by atoms with E-state index in [0.29, 0.717) is 0 Å². The Bertz CT molecular complexity index is 600. The van der Waals surface area contributed by atoms with Gasteiger partial charge in [-0.3, -0.25) is 5.43 Å². The van der Waals surface area contributed by atoms with Gasteiger partial charge >= 0.3 is 0 Å². The minimum Gasteiger partial charge on any atom is -0.375 e. The number of aromatic nitrogens is 1. The van der Waals surface area contributed by atoms with Crippen LogP contribution in [0, 0.1) is 0 Å². The Hall–Kier alpha value is -1.88. The van der Waals surface area contributed by atoms with Gasteiger partial charge < -0.3 is 10.3 Å². The van der Waals surface area contributed by atoms with Crippen LogP contribution in [0.3, 0.4) is 0 Å². The summed E-state index contributed by atoms with van der Waals surface area (Å²) in [6.45, 7) is 0. The molecular formula is C11H12N4S. The maximum Gasteiger partial charge on any atom is 0.184 e. The molecule has 2 rings (SSSR count). The largest absolute Gasteiger partial charge is 0.375 e. The number of fused-ring (bicyclic) bond motifs is 1. The predicted molar refractivity (Wildman–Crippen MR) is 68.4 cm³/mol. The molecular weight excluding hydrogens is 220 g/mol. The van der Waals surface area contributed by atoms with Gasteiger partial charge in [0.15, 0.2) is 10.6 Å². The van der Waals surface area contributed by atoms with Crippen LogP contribution in [-0.4, -0.2) is 9.68 Å².